The Balaban J connectivity index is 2.13. The molecule has 0 aliphatic rings. The van der Waals surface area contributed by atoms with Crippen LogP contribution in [0.3, 0.4) is 0 Å². The monoisotopic (exact) mass is 406 g/mol. The molecule has 0 aliphatic carbocycles. The Labute approximate surface area is 172 Å². The molecular weight excluding hydrogens is 384 g/mol. The third-order valence-corrected chi connectivity index (χ3v) is 4.52. The normalized spacial score (nSPS) is 11.4. The topological polar surface area (TPSA) is 117 Å². The summed E-state index contributed by atoms with van der Waals surface area (Å²) in [5.74, 6) is -0.649. The number of nitrogens with zero attached hydrogens (tertiary/aromatic N) is 2. The van der Waals surface area contributed by atoms with Crippen molar-refractivity contribution < 1.29 is 9.90 Å². The lowest BCUT2D eigenvalue weighted by molar-refractivity contribution is -0.114. The Morgan fingerprint density at radius 1 is 1.13 bits per heavy atom. The summed E-state index contributed by atoms with van der Waals surface area (Å²) in [7, 11) is 0. The average Bonchev–Trinajstić information content (AvgIpc) is 2.69. The number of nitrogens with one attached hydrogen (secondary N) is 2. The van der Waals surface area contributed by atoms with Gasteiger partial charge in [0.2, 0.25) is 11.8 Å². The van der Waals surface area contributed by atoms with E-state index in [1.54, 1.807) is 56.3 Å². The van der Waals surface area contributed by atoms with E-state index in [-0.39, 0.29) is 11.5 Å². The molecule has 30 heavy (non-hydrogen) atoms. The summed E-state index contributed by atoms with van der Waals surface area (Å²) >= 11 is 0. The number of hydrogen-bond donors (Lipinski definition) is 3. The molecule has 0 bridgehead atoms. The van der Waals surface area contributed by atoms with Crippen LogP contribution in [0, 0.1) is 6.92 Å². The van der Waals surface area contributed by atoms with Gasteiger partial charge >= 0.3 is 5.69 Å². The van der Waals surface area contributed by atoms with E-state index in [1.807, 2.05) is 6.07 Å². The van der Waals surface area contributed by atoms with Crippen molar-refractivity contribution in [1.29, 1.82) is 0 Å². The molecule has 0 unspecified atom stereocenters. The Morgan fingerprint density at radius 3 is 2.40 bits per heavy atom. The molecule has 1 amide bonds. The van der Waals surface area contributed by atoms with Crippen molar-refractivity contribution in [2.75, 3.05) is 5.32 Å². The summed E-state index contributed by atoms with van der Waals surface area (Å²) < 4.78 is 1.07. The van der Waals surface area contributed by atoms with Crippen molar-refractivity contribution >= 4 is 23.0 Å². The lowest BCUT2D eigenvalue weighted by Crippen LogP contribution is -2.33. The van der Waals surface area contributed by atoms with Crippen LogP contribution in [-0.4, -0.2) is 26.3 Å². The molecule has 3 N–H and O–H groups in total. The molecule has 0 fully saturated rings. The zero-order chi connectivity index (χ0) is 21.8. The van der Waals surface area contributed by atoms with Gasteiger partial charge in [-0.05, 0) is 49.2 Å². The number of aromatic hydroxyl groups is 1. The van der Waals surface area contributed by atoms with Crippen molar-refractivity contribution in [3.05, 3.63) is 80.5 Å². The number of rotatable bonds is 5. The fourth-order valence-electron chi connectivity index (χ4n) is 3.11. The minimum atomic E-state index is -0.731. The summed E-state index contributed by atoms with van der Waals surface area (Å²) in [6.45, 7) is 5.02. The van der Waals surface area contributed by atoms with Crippen LogP contribution < -0.4 is 16.6 Å². The van der Waals surface area contributed by atoms with Gasteiger partial charge in [0.25, 0.3) is 5.56 Å². The van der Waals surface area contributed by atoms with Gasteiger partial charge in [0.15, 0.2) is 0 Å². The van der Waals surface area contributed by atoms with E-state index in [0.29, 0.717) is 29.2 Å². The second-order valence-electron chi connectivity index (χ2n) is 6.72. The summed E-state index contributed by atoms with van der Waals surface area (Å²) in [6, 6.07) is 13.8. The predicted octanol–water partition coefficient (Wildman–Crippen LogP) is 3.03. The van der Waals surface area contributed by atoms with Crippen molar-refractivity contribution in [3.63, 3.8) is 0 Å². The smallest absolute Gasteiger partial charge is 0.335 e. The number of amides is 1. The highest BCUT2D eigenvalue weighted by atomic mass is 16.3. The molecule has 3 aromatic rings. The standard InChI is InChI=1S/C22H22N4O4/c1-4-17(24-16-11-9-15(10-12-16)23-14(3)27)19-20(28)25-22(30)26(21(19)29)18-8-6-5-7-13(18)2/h5-12,29H,4H2,1-3H3,(H,23,27)(H,25,28,30). The zero-order valence-corrected chi connectivity index (χ0v) is 16.9. The van der Waals surface area contributed by atoms with Crippen LogP contribution >= 0.6 is 0 Å². The molecule has 0 spiro atoms. The van der Waals surface area contributed by atoms with Crippen LogP contribution in [0.4, 0.5) is 11.4 Å². The van der Waals surface area contributed by atoms with E-state index in [4.69, 9.17) is 0 Å². The van der Waals surface area contributed by atoms with Gasteiger partial charge in [-0.3, -0.25) is 19.6 Å². The van der Waals surface area contributed by atoms with E-state index in [2.05, 4.69) is 15.3 Å². The fraction of sp³-hybridized carbons (Fsp3) is 0.182. The number of aromatic amines is 1. The van der Waals surface area contributed by atoms with E-state index in [0.717, 1.165) is 10.1 Å². The first kappa shape index (κ1) is 20.8. The number of aromatic nitrogens is 2. The first-order chi connectivity index (χ1) is 14.3. The van der Waals surface area contributed by atoms with Gasteiger partial charge < -0.3 is 10.4 Å². The van der Waals surface area contributed by atoms with Gasteiger partial charge in [-0.25, -0.2) is 9.36 Å². The van der Waals surface area contributed by atoms with Gasteiger partial charge in [0.05, 0.1) is 17.1 Å². The number of H-pyrrole nitrogens is 1. The lowest BCUT2D eigenvalue weighted by atomic mass is 10.1. The summed E-state index contributed by atoms with van der Waals surface area (Å²) in [4.78, 5) is 42.9. The Kier molecular flexibility index (Phi) is 5.96. The molecule has 1 aromatic heterocycles. The Bertz CT molecular complexity index is 1240. The Hall–Kier alpha value is -3.94. The van der Waals surface area contributed by atoms with Gasteiger partial charge in [-0.2, -0.15) is 0 Å². The predicted molar refractivity (Wildman–Crippen MR) is 116 cm³/mol. The van der Waals surface area contributed by atoms with E-state index in [9.17, 15) is 19.5 Å². The lowest BCUT2D eigenvalue weighted by Gasteiger charge is -2.14. The first-order valence-corrected chi connectivity index (χ1v) is 9.41. The van der Waals surface area contributed by atoms with Gasteiger partial charge in [0.1, 0.15) is 5.56 Å². The SMILES string of the molecule is CCC(=Nc1ccc(NC(C)=O)cc1)c1c(O)n(-c2ccccc2C)c(=O)[nH]c1=O. The van der Waals surface area contributed by atoms with E-state index in [1.165, 1.54) is 6.92 Å². The molecule has 0 saturated carbocycles. The van der Waals surface area contributed by atoms with Crippen LogP contribution in [0.15, 0.2) is 63.1 Å². The number of anilines is 1. The second-order valence-corrected chi connectivity index (χ2v) is 6.72. The first-order valence-electron chi connectivity index (χ1n) is 9.41. The van der Waals surface area contributed by atoms with Crippen molar-refractivity contribution in [1.82, 2.24) is 9.55 Å². The molecule has 2 aromatic carbocycles. The quantitative estimate of drug-likeness (QED) is 0.565. The maximum atomic E-state index is 12.5. The van der Waals surface area contributed by atoms with Gasteiger partial charge in [0, 0.05) is 12.6 Å². The molecule has 154 valence electrons. The maximum Gasteiger partial charge on any atom is 0.335 e. The van der Waals surface area contributed by atoms with Crippen molar-refractivity contribution in [2.24, 2.45) is 4.99 Å². The summed E-state index contributed by atoms with van der Waals surface area (Å²) in [5, 5.41) is 13.5. The molecule has 1 heterocycles. The number of para-hydroxylation sites is 1. The number of carbonyl (C=O) groups excluding carboxylic acids is 1. The number of aryl methyl sites for hydroxylation is 1. The maximum absolute atomic E-state index is 12.5. The average molecular weight is 406 g/mol. The molecule has 0 atom stereocenters. The zero-order valence-electron chi connectivity index (χ0n) is 16.9. The van der Waals surface area contributed by atoms with Crippen LogP contribution in [0.5, 0.6) is 5.88 Å². The third kappa shape index (κ3) is 4.22. The van der Waals surface area contributed by atoms with Crippen LogP contribution in [0.2, 0.25) is 0 Å². The highest BCUT2D eigenvalue weighted by Crippen LogP contribution is 2.23. The molecule has 8 heteroatoms. The summed E-state index contributed by atoms with van der Waals surface area (Å²) in [5.41, 5.74) is 1.20. The number of carbonyl (C=O) groups is 1. The van der Waals surface area contributed by atoms with Gasteiger partial charge in [-0.15, -0.1) is 0 Å². The highest BCUT2D eigenvalue weighted by molar-refractivity contribution is 6.03. The van der Waals surface area contributed by atoms with Crippen molar-refractivity contribution in [3.8, 4) is 11.6 Å². The largest absolute Gasteiger partial charge is 0.493 e. The van der Waals surface area contributed by atoms with Gasteiger partial charge in [-0.1, -0.05) is 25.1 Å². The molecule has 0 radical (unpaired) electrons. The molecule has 0 aliphatic heterocycles. The van der Waals surface area contributed by atoms with E-state index >= 15 is 0 Å². The minimum absolute atomic E-state index is 0.0636. The van der Waals surface area contributed by atoms with Crippen molar-refractivity contribution in [2.45, 2.75) is 27.2 Å². The molecule has 3 rings (SSSR count). The summed E-state index contributed by atoms with van der Waals surface area (Å²) in [6.07, 6.45) is 0.343. The van der Waals surface area contributed by atoms with E-state index < -0.39 is 17.1 Å². The Morgan fingerprint density at radius 2 is 1.80 bits per heavy atom. The van der Waals surface area contributed by atoms with Crippen LogP contribution in [0.25, 0.3) is 5.69 Å². The minimum Gasteiger partial charge on any atom is -0.493 e. The third-order valence-electron chi connectivity index (χ3n) is 4.52. The fourth-order valence-corrected chi connectivity index (χ4v) is 3.11. The number of hydrogen-bond acceptors (Lipinski definition) is 5. The van der Waals surface area contributed by atoms with Crippen LogP contribution in [0.1, 0.15) is 31.4 Å². The molecule has 8 nitrogen and oxygen atoms in total. The second kappa shape index (κ2) is 8.60. The van der Waals surface area contributed by atoms with Crippen LogP contribution in [-0.2, 0) is 4.79 Å². The molecular formula is C22H22N4O4. The number of aliphatic imine (C=N–C) groups is 1. The molecule has 0 saturated heterocycles. The highest BCUT2D eigenvalue weighted by Gasteiger charge is 2.20. The number of benzene rings is 2.